The predicted octanol–water partition coefficient (Wildman–Crippen LogP) is 2.92. The summed E-state index contributed by atoms with van der Waals surface area (Å²) in [6, 6.07) is 6.05. The maximum atomic E-state index is 13.1. The smallest absolute Gasteiger partial charge is 0.410 e. The zero-order chi connectivity index (χ0) is 17.7. The fraction of sp³-hybridized carbons (Fsp3) is 0.444. The molecule has 24 heavy (non-hydrogen) atoms. The summed E-state index contributed by atoms with van der Waals surface area (Å²) >= 11 is 0. The van der Waals surface area contributed by atoms with E-state index >= 15 is 0 Å². The number of piperazine rings is 1. The first-order valence-electron chi connectivity index (χ1n) is 7.95. The number of amides is 2. The standard InChI is InChI=1S/C18H23FN2O3/c1-18(2,3)24-17(23)21-11-9-20(10-12-21)16(22)8-7-14-5-4-6-15(19)13-14/h4-8,13H,9-12H2,1-3H3/b8-7+. The maximum Gasteiger partial charge on any atom is 0.410 e. The number of ether oxygens (including phenoxy) is 1. The Bertz CT molecular complexity index is 629. The van der Waals surface area contributed by atoms with Crippen LogP contribution in [0.3, 0.4) is 0 Å². The summed E-state index contributed by atoms with van der Waals surface area (Å²) in [4.78, 5) is 27.4. The van der Waals surface area contributed by atoms with Crippen LogP contribution < -0.4 is 0 Å². The molecule has 1 heterocycles. The van der Waals surface area contributed by atoms with E-state index in [1.807, 2.05) is 20.8 Å². The second-order valence-electron chi connectivity index (χ2n) is 6.68. The molecule has 6 heteroatoms. The average Bonchev–Trinajstić information content (AvgIpc) is 2.51. The number of carbonyl (C=O) groups excluding carboxylic acids is 2. The second-order valence-corrected chi connectivity index (χ2v) is 6.68. The minimum absolute atomic E-state index is 0.150. The number of benzene rings is 1. The highest BCUT2D eigenvalue weighted by atomic mass is 19.1. The Morgan fingerprint density at radius 1 is 1.12 bits per heavy atom. The molecule has 0 radical (unpaired) electrons. The summed E-state index contributed by atoms with van der Waals surface area (Å²) in [5.41, 5.74) is 0.105. The first-order chi connectivity index (χ1) is 11.2. The van der Waals surface area contributed by atoms with E-state index in [9.17, 15) is 14.0 Å². The van der Waals surface area contributed by atoms with Crippen LogP contribution in [0.5, 0.6) is 0 Å². The van der Waals surface area contributed by atoms with E-state index in [0.717, 1.165) is 0 Å². The molecule has 1 aromatic rings. The summed E-state index contributed by atoms with van der Waals surface area (Å²) in [6.07, 6.45) is 2.66. The highest BCUT2D eigenvalue weighted by Gasteiger charge is 2.26. The van der Waals surface area contributed by atoms with Gasteiger partial charge in [0.1, 0.15) is 11.4 Å². The van der Waals surface area contributed by atoms with Crippen LogP contribution in [0.25, 0.3) is 6.08 Å². The molecule has 1 fully saturated rings. The van der Waals surface area contributed by atoms with Gasteiger partial charge in [0.15, 0.2) is 0 Å². The molecule has 0 aromatic heterocycles. The van der Waals surface area contributed by atoms with Crippen LogP contribution >= 0.6 is 0 Å². The van der Waals surface area contributed by atoms with Crippen molar-refractivity contribution in [3.63, 3.8) is 0 Å². The molecule has 1 aromatic carbocycles. The van der Waals surface area contributed by atoms with E-state index in [-0.39, 0.29) is 17.8 Å². The van der Waals surface area contributed by atoms with Crippen LogP contribution in [-0.2, 0) is 9.53 Å². The number of hydrogen-bond acceptors (Lipinski definition) is 3. The first kappa shape index (κ1) is 18.0. The van der Waals surface area contributed by atoms with Crippen molar-refractivity contribution in [2.75, 3.05) is 26.2 Å². The lowest BCUT2D eigenvalue weighted by Gasteiger charge is -2.35. The highest BCUT2D eigenvalue weighted by molar-refractivity contribution is 5.92. The molecule has 0 N–H and O–H groups in total. The van der Waals surface area contributed by atoms with Crippen LogP contribution in [0.4, 0.5) is 9.18 Å². The quantitative estimate of drug-likeness (QED) is 0.782. The fourth-order valence-electron chi connectivity index (χ4n) is 2.32. The van der Waals surface area contributed by atoms with Gasteiger partial charge in [-0.2, -0.15) is 0 Å². The second kappa shape index (κ2) is 7.47. The molecule has 130 valence electrons. The maximum absolute atomic E-state index is 13.1. The van der Waals surface area contributed by atoms with Crippen molar-refractivity contribution in [3.8, 4) is 0 Å². The molecular weight excluding hydrogens is 311 g/mol. The molecule has 0 unspecified atom stereocenters. The highest BCUT2D eigenvalue weighted by Crippen LogP contribution is 2.12. The summed E-state index contributed by atoms with van der Waals surface area (Å²) in [5.74, 6) is -0.487. The lowest BCUT2D eigenvalue weighted by atomic mass is 10.2. The minimum Gasteiger partial charge on any atom is -0.444 e. The Hall–Kier alpha value is -2.37. The van der Waals surface area contributed by atoms with Crippen molar-refractivity contribution < 1.29 is 18.7 Å². The number of halogens is 1. The molecule has 0 spiro atoms. The van der Waals surface area contributed by atoms with Gasteiger partial charge in [-0.25, -0.2) is 9.18 Å². The largest absolute Gasteiger partial charge is 0.444 e. The molecule has 1 aliphatic rings. The lowest BCUT2D eigenvalue weighted by molar-refractivity contribution is -0.127. The Kier molecular flexibility index (Phi) is 5.59. The normalized spacial score (nSPS) is 15.7. The molecule has 1 saturated heterocycles. The van der Waals surface area contributed by atoms with Crippen molar-refractivity contribution >= 4 is 18.1 Å². The Morgan fingerprint density at radius 2 is 1.75 bits per heavy atom. The summed E-state index contributed by atoms with van der Waals surface area (Å²) < 4.78 is 18.4. The van der Waals surface area contributed by atoms with E-state index in [1.54, 1.807) is 28.0 Å². The summed E-state index contributed by atoms with van der Waals surface area (Å²) in [6.45, 7) is 7.24. The van der Waals surface area contributed by atoms with Crippen molar-refractivity contribution in [2.24, 2.45) is 0 Å². The van der Waals surface area contributed by atoms with Gasteiger partial charge in [-0.05, 0) is 44.5 Å². The van der Waals surface area contributed by atoms with Crippen LogP contribution in [0, 0.1) is 5.82 Å². The van der Waals surface area contributed by atoms with Gasteiger partial charge in [0.2, 0.25) is 5.91 Å². The van der Waals surface area contributed by atoms with Crippen LogP contribution in [0.2, 0.25) is 0 Å². The third-order valence-corrected chi connectivity index (χ3v) is 3.51. The van der Waals surface area contributed by atoms with E-state index in [4.69, 9.17) is 4.74 Å². The molecule has 0 bridgehead atoms. The van der Waals surface area contributed by atoms with E-state index in [2.05, 4.69) is 0 Å². The van der Waals surface area contributed by atoms with Gasteiger partial charge in [0.25, 0.3) is 0 Å². The summed E-state index contributed by atoms with van der Waals surface area (Å²) in [7, 11) is 0. The van der Waals surface area contributed by atoms with Crippen LogP contribution in [-0.4, -0.2) is 53.6 Å². The van der Waals surface area contributed by atoms with Crippen molar-refractivity contribution in [3.05, 3.63) is 41.7 Å². The van der Waals surface area contributed by atoms with Gasteiger partial charge >= 0.3 is 6.09 Å². The fourth-order valence-corrected chi connectivity index (χ4v) is 2.32. The number of hydrogen-bond donors (Lipinski definition) is 0. The molecule has 0 saturated carbocycles. The molecule has 0 atom stereocenters. The predicted molar refractivity (Wildman–Crippen MR) is 89.8 cm³/mol. The molecular formula is C18H23FN2O3. The molecule has 2 rings (SSSR count). The topological polar surface area (TPSA) is 49.9 Å². The molecule has 5 nitrogen and oxygen atoms in total. The van der Waals surface area contributed by atoms with Crippen LogP contribution in [0.15, 0.2) is 30.3 Å². The van der Waals surface area contributed by atoms with Crippen molar-refractivity contribution in [1.82, 2.24) is 9.80 Å². The molecule has 0 aliphatic carbocycles. The van der Waals surface area contributed by atoms with Crippen molar-refractivity contribution in [1.29, 1.82) is 0 Å². The van der Waals surface area contributed by atoms with Gasteiger partial charge in [-0.1, -0.05) is 12.1 Å². The third-order valence-electron chi connectivity index (χ3n) is 3.51. The SMILES string of the molecule is CC(C)(C)OC(=O)N1CCN(C(=O)/C=C/c2cccc(F)c2)CC1. The van der Waals surface area contributed by atoms with Gasteiger partial charge in [0, 0.05) is 32.3 Å². The lowest BCUT2D eigenvalue weighted by Crippen LogP contribution is -2.51. The molecule has 2 amide bonds. The van der Waals surface area contributed by atoms with Gasteiger partial charge in [-0.3, -0.25) is 4.79 Å². The Labute approximate surface area is 141 Å². The van der Waals surface area contributed by atoms with E-state index in [0.29, 0.717) is 31.7 Å². The number of carbonyl (C=O) groups is 2. The van der Waals surface area contributed by atoms with E-state index in [1.165, 1.54) is 18.2 Å². The van der Waals surface area contributed by atoms with Gasteiger partial charge in [0.05, 0.1) is 0 Å². The van der Waals surface area contributed by atoms with Crippen molar-refractivity contribution in [2.45, 2.75) is 26.4 Å². The van der Waals surface area contributed by atoms with E-state index < -0.39 is 5.60 Å². The number of rotatable bonds is 2. The zero-order valence-electron chi connectivity index (χ0n) is 14.3. The first-order valence-corrected chi connectivity index (χ1v) is 7.95. The average molecular weight is 334 g/mol. The third kappa shape index (κ3) is 5.37. The minimum atomic E-state index is -0.530. The summed E-state index contributed by atoms with van der Waals surface area (Å²) in [5, 5.41) is 0. The monoisotopic (exact) mass is 334 g/mol. The molecule has 1 aliphatic heterocycles. The zero-order valence-corrected chi connectivity index (χ0v) is 14.3. The van der Waals surface area contributed by atoms with Crippen LogP contribution in [0.1, 0.15) is 26.3 Å². The number of nitrogens with zero attached hydrogens (tertiary/aromatic N) is 2. The Balaban J connectivity index is 1.85. The van der Waals surface area contributed by atoms with Gasteiger partial charge < -0.3 is 14.5 Å². The van der Waals surface area contributed by atoms with Gasteiger partial charge in [-0.15, -0.1) is 0 Å². The Morgan fingerprint density at radius 3 is 2.33 bits per heavy atom.